The minimum atomic E-state index is -0.317. The highest BCUT2D eigenvalue weighted by molar-refractivity contribution is 6.21. The molecule has 1 aromatic carbocycles. The molecule has 7 nitrogen and oxygen atoms in total. The summed E-state index contributed by atoms with van der Waals surface area (Å²) in [5.41, 5.74) is 10.3. The van der Waals surface area contributed by atoms with E-state index >= 15 is 0 Å². The summed E-state index contributed by atoms with van der Waals surface area (Å²) in [4.78, 5) is 32.7. The van der Waals surface area contributed by atoms with E-state index in [-0.39, 0.29) is 24.9 Å². The van der Waals surface area contributed by atoms with Crippen molar-refractivity contribution in [2.24, 2.45) is 5.11 Å². The fraction of sp³-hybridized carbons (Fsp3) is 0.133. The van der Waals surface area contributed by atoms with Gasteiger partial charge in [-0.2, -0.15) is 0 Å². The Hall–Kier alpha value is -3.18. The van der Waals surface area contributed by atoms with Crippen LogP contribution in [0.4, 0.5) is 0 Å². The van der Waals surface area contributed by atoms with E-state index in [0.29, 0.717) is 22.5 Å². The average Bonchev–Trinajstić information content (AvgIpc) is 2.79. The van der Waals surface area contributed by atoms with Crippen molar-refractivity contribution in [2.45, 2.75) is 13.1 Å². The maximum Gasteiger partial charge on any atom is 0.261 e. The quantitative estimate of drug-likeness (QED) is 0.375. The Labute approximate surface area is 125 Å². The number of hydrogen-bond acceptors (Lipinski definition) is 4. The summed E-state index contributed by atoms with van der Waals surface area (Å²) >= 11 is 0. The van der Waals surface area contributed by atoms with E-state index in [4.69, 9.17) is 5.53 Å². The van der Waals surface area contributed by atoms with Crippen LogP contribution in [0.25, 0.3) is 10.4 Å². The number of azide groups is 1. The van der Waals surface area contributed by atoms with Gasteiger partial charge in [0, 0.05) is 10.6 Å². The second kappa shape index (κ2) is 5.67. The molecule has 0 aliphatic carbocycles. The molecule has 0 saturated heterocycles. The van der Waals surface area contributed by atoms with Crippen molar-refractivity contribution >= 4 is 11.8 Å². The third-order valence-electron chi connectivity index (χ3n) is 3.36. The van der Waals surface area contributed by atoms with Crippen molar-refractivity contribution in [2.75, 3.05) is 0 Å². The number of benzene rings is 1. The molecule has 0 atom stereocenters. The van der Waals surface area contributed by atoms with Crippen LogP contribution < -0.4 is 0 Å². The lowest BCUT2D eigenvalue weighted by molar-refractivity contribution is 0.0640. The number of hydrogen-bond donors (Lipinski definition) is 0. The minimum Gasteiger partial charge on any atom is -0.269 e. The molecular formula is C15H11N5O2. The van der Waals surface area contributed by atoms with E-state index in [1.54, 1.807) is 42.5 Å². The lowest BCUT2D eigenvalue weighted by Crippen LogP contribution is -2.29. The van der Waals surface area contributed by atoms with Gasteiger partial charge in [0.15, 0.2) is 0 Å². The summed E-state index contributed by atoms with van der Waals surface area (Å²) in [6, 6.07) is 11.9. The topological polar surface area (TPSA) is 99.0 Å². The van der Waals surface area contributed by atoms with Gasteiger partial charge in [0.1, 0.15) is 0 Å². The summed E-state index contributed by atoms with van der Waals surface area (Å²) in [5, 5.41) is 3.45. The van der Waals surface area contributed by atoms with Crippen LogP contribution in [0.15, 0.2) is 47.6 Å². The second-order valence-electron chi connectivity index (χ2n) is 4.75. The first-order chi connectivity index (χ1) is 10.7. The fourth-order valence-corrected chi connectivity index (χ4v) is 2.35. The van der Waals surface area contributed by atoms with Gasteiger partial charge in [-0.05, 0) is 29.8 Å². The molecule has 0 saturated carbocycles. The molecule has 7 heteroatoms. The summed E-state index contributed by atoms with van der Waals surface area (Å²) < 4.78 is 0. The third kappa shape index (κ3) is 2.41. The molecule has 2 aromatic rings. The van der Waals surface area contributed by atoms with Crippen LogP contribution >= 0.6 is 0 Å². The largest absolute Gasteiger partial charge is 0.269 e. The van der Waals surface area contributed by atoms with Crippen molar-refractivity contribution in [1.29, 1.82) is 0 Å². The monoisotopic (exact) mass is 293 g/mol. The van der Waals surface area contributed by atoms with Crippen molar-refractivity contribution in [3.63, 3.8) is 0 Å². The van der Waals surface area contributed by atoms with Crippen molar-refractivity contribution in [1.82, 2.24) is 9.88 Å². The highest BCUT2D eigenvalue weighted by atomic mass is 16.2. The zero-order chi connectivity index (χ0) is 15.5. The standard InChI is InChI=1S/C15H11N5O2/c16-19-17-8-10-4-3-5-11(18-10)9-20-14(21)12-6-1-2-7-13(12)15(20)22/h1-7H,8-9H2. The Bertz CT molecular complexity index is 776. The Kier molecular flexibility index (Phi) is 3.55. The number of rotatable bonds is 4. The SMILES string of the molecule is [N-]=[N+]=NCc1cccc(CN2C(=O)c3ccccc3C2=O)n1. The van der Waals surface area contributed by atoms with E-state index < -0.39 is 0 Å². The first kappa shape index (κ1) is 13.8. The van der Waals surface area contributed by atoms with Crippen LogP contribution in [0.1, 0.15) is 32.1 Å². The zero-order valence-electron chi connectivity index (χ0n) is 11.5. The van der Waals surface area contributed by atoms with E-state index in [0.717, 1.165) is 0 Å². The minimum absolute atomic E-state index is 0.0937. The van der Waals surface area contributed by atoms with Crippen LogP contribution in [0.3, 0.4) is 0 Å². The number of amides is 2. The molecule has 0 fully saturated rings. The molecule has 0 radical (unpaired) electrons. The predicted molar refractivity (Wildman–Crippen MR) is 77.7 cm³/mol. The Morgan fingerprint density at radius 1 is 1.00 bits per heavy atom. The average molecular weight is 293 g/mol. The first-order valence-electron chi connectivity index (χ1n) is 6.61. The molecule has 1 aliphatic heterocycles. The van der Waals surface area contributed by atoms with Gasteiger partial charge < -0.3 is 0 Å². The first-order valence-corrected chi connectivity index (χ1v) is 6.61. The molecule has 22 heavy (non-hydrogen) atoms. The van der Waals surface area contributed by atoms with Gasteiger partial charge in [0.05, 0.1) is 29.9 Å². The lowest BCUT2D eigenvalue weighted by atomic mass is 10.1. The number of pyridine rings is 1. The van der Waals surface area contributed by atoms with Crippen molar-refractivity contribution in [3.05, 3.63) is 75.4 Å². The molecule has 1 aliphatic rings. The Morgan fingerprint density at radius 2 is 1.64 bits per heavy atom. The number of carbonyl (C=O) groups is 2. The number of aromatic nitrogens is 1. The van der Waals surface area contributed by atoms with Crippen LogP contribution in [-0.2, 0) is 13.1 Å². The van der Waals surface area contributed by atoms with E-state index in [1.165, 1.54) is 4.90 Å². The van der Waals surface area contributed by atoms with Gasteiger partial charge in [-0.25, -0.2) is 0 Å². The Balaban J connectivity index is 1.84. The molecule has 2 amide bonds. The fourth-order valence-electron chi connectivity index (χ4n) is 2.35. The second-order valence-corrected chi connectivity index (χ2v) is 4.75. The van der Waals surface area contributed by atoms with E-state index in [9.17, 15) is 9.59 Å². The molecule has 0 N–H and O–H groups in total. The number of carbonyl (C=O) groups excluding carboxylic acids is 2. The lowest BCUT2D eigenvalue weighted by Gasteiger charge is -2.13. The molecule has 0 spiro atoms. The van der Waals surface area contributed by atoms with Crippen LogP contribution in [0.5, 0.6) is 0 Å². The molecular weight excluding hydrogens is 282 g/mol. The van der Waals surface area contributed by atoms with Gasteiger partial charge in [-0.3, -0.25) is 19.5 Å². The summed E-state index contributed by atoms with van der Waals surface area (Å²) in [6.07, 6.45) is 0. The zero-order valence-corrected chi connectivity index (χ0v) is 11.5. The molecule has 0 unspecified atom stereocenters. The van der Waals surface area contributed by atoms with Gasteiger partial charge in [0.2, 0.25) is 0 Å². The predicted octanol–water partition coefficient (Wildman–Crippen LogP) is 2.69. The van der Waals surface area contributed by atoms with Crippen LogP contribution in [-0.4, -0.2) is 21.7 Å². The molecule has 0 bridgehead atoms. The Morgan fingerprint density at radius 3 is 2.27 bits per heavy atom. The summed E-state index contributed by atoms with van der Waals surface area (Å²) in [5.74, 6) is -0.634. The van der Waals surface area contributed by atoms with Crippen LogP contribution in [0.2, 0.25) is 0 Å². The van der Waals surface area contributed by atoms with Gasteiger partial charge in [-0.1, -0.05) is 23.3 Å². The van der Waals surface area contributed by atoms with Gasteiger partial charge >= 0.3 is 0 Å². The summed E-state index contributed by atoms with van der Waals surface area (Å²) in [7, 11) is 0. The van der Waals surface area contributed by atoms with Crippen molar-refractivity contribution < 1.29 is 9.59 Å². The third-order valence-corrected chi connectivity index (χ3v) is 3.36. The maximum absolute atomic E-state index is 12.3. The van der Waals surface area contributed by atoms with E-state index in [2.05, 4.69) is 15.0 Å². The smallest absolute Gasteiger partial charge is 0.261 e. The highest BCUT2D eigenvalue weighted by Gasteiger charge is 2.35. The normalized spacial score (nSPS) is 13.0. The number of imide groups is 1. The maximum atomic E-state index is 12.3. The summed E-state index contributed by atoms with van der Waals surface area (Å²) in [6.45, 7) is 0.225. The number of fused-ring (bicyclic) bond motifs is 1. The highest BCUT2D eigenvalue weighted by Crippen LogP contribution is 2.23. The van der Waals surface area contributed by atoms with Gasteiger partial charge in [-0.15, -0.1) is 0 Å². The van der Waals surface area contributed by atoms with Crippen molar-refractivity contribution in [3.8, 4) is 0 Å². The van der Waals surface area contributed by atoms with E-state index in [1.807, 2.05) is 0 Å². The molecule has 1 aromatic heterocycles. The van der Waals surface area contributed by atoms with Gasteiger partial charge in [0.25, 0.3) is 11.8 Å². The number of nitrogens with zero attached hydrogens (tertiary/aromatic N) is 5. The molecule has 108 valence electrons. The van der Waals surface area contributed by atoms with Crippen LogP contribution in [0, 0.1) is 0 Å². The molecule has 3 rings (SSSR count). The molecule has 2 heterocycles.